The van der Waals surface area contributed by atoms with Gasteiger partial charge in [-0.3, -0.25) is 0 Å². The number of nitrogens with one attached hydrogen (secondary N) is 1. The van der Waals surface area contributed by atoms with Crippen LogP contribution in [0.2, 0.25) is 0 Å². The quantitative estimate of drug-likeness (QED) is 0.825. The van der Waals surface area contributed by atoms with Gasteiger partial charge < -0.3 is 5.32 Å². The molecule has 1 aromatic carbocycles. The number of rotatable bonds is 5. The van der Waals surface area contributed by atoms with E-state index in [0.29, 0.717) is 0 Å². The number of aryl methyl sites for hydroxylation is 3. The highest BCUT2D eigenvalue weighted by atomic mass is 32.1. The van der Waals surface area contributed by atoms with Crippen LogP contribution in [0.4, 0.5) is 0 Å². The molecule has 1 aromatic heterocycles. The lowest BCUT2D eigenvalue weighted by Crippen LogP contribution is -2.13. The van der Waals surface area contributed by atoms with Crippen LogP contribution in [0.15, 0.2) is 17.5 Å². The fraction of sp³-hybridized carbons (Fsp3) is 0.438. The molecule has 0 unspecified atom stereocenters. The van der Waals surface area contributed by atoms with E-state index in [1.54, 1.807) is 11.3 Å². The minimum absolute atomic E-state index is 0.869. The van der Waals surface area contributed by atoms with Crippen molar-refractivity contribution in [1.29, 1.82) is 0 Å². The van der Waals surface area contributed by atoms with Crippen molar-refractivity contribution in [2.24, 2.45) is 0 Å². The first-order valence-electron chi connectivity index (χ1n) is 6.85. The second-order valence-electron chi connectivity index (χ2n) is 5.07. The molecular weight excluding hydrogens is 252 g/mol. The van der Waals surface area contributed by atoms with Crippen LogP contribution in [0.3, 0.4) is 0 Å². The van der Waals surface area contributed by atoms with Gasteiger partial charge in [-0.15, -0.1) is 11.3 Å². The van der Waals surface area contributed by atoms with Crippen LogP contribution in [0.25, 0.3) is 10.6 Å². The molecule has 0 aliphatic heterocycles. The third-order valence-electron chi connectivity index (χ3n) is 3.36. The van der Waals surface area contributed by atoms with Gasteiger partial charge in [0.25, 0.3) is 0 Å². The number of hydrogen-bond donors (Lipinski definition) is 1. The predicted molar refractivity (Wildman–Crippen MR) is 83.8 cm³/mol. The molecule has 0 fully saturated rings. The smallest absolute Gasteiger partial charge is 0.123 e. The first-order valence-corrected chi connectivity index (χ1v) is 7.73. The molecule has 2 aromatic rings. The Balaban J connectivity index is 2.20. The van der Waals surface area contributed by atoms with Crippen LogP contribution in [-0.4, -0.2) is 11.5 Å². The maximum absolute atomic E-state index is 4.74. The average molecular weight is 274 g/mol. The second kappa shape index (κ2) is 6.31. The third-order valence-corrected chi connectivity index (χ3v) is 4.28. The molecule has 19 heavy (non-hydrogen) atoms. The van der Waals surface area contributed by atoms with E-state index in [1.165, 1.54) is 22.3 Å². The Morgan fingerprint density at radius 1 is 1.11 bits per heavy atom. The lowest BCUT2D eigenvalue weighted by molar-refractivity contribution is 0.667. The van der Waals surface area contributed by atoms with Crippen LogP contribution in [0.5, 0.6) is 0 Å². The molecule has 0 bridgehead atoms. The molecule has 2 nitrogen and oxygen atoms in total. The standard InChI is InChI=1S/C16H22N2S/c1-5-6-17-9-14-10-19-16(18-14)15-8-12(3)11(2)7-13(15)4/h7-8,10,17H,5-6,9H2,1-4H3. The Kier molecular flexibility index (Phi) is 4.72. The van der Waals surface area contributed by atoms with Gasteiger partial charge in [0.15, 0.2) is 0 Å². The molecule has 0 radical (unpaired) electrons. The largest absolute Gasteiger partial charge is 0.311 e. The molecule has 1 N–H and O–H groups in total. The first kappa shape index (κ1) is 14.2. The van der Waals surface area contributed by atoms with Gasteiger partial charge in [-0.2, -0.15) is 0 Å². The molecule has 0 spiro atoms. The Hall–Kier alpha value is -1.19. The molecule has 2 rings (SSSR count). The number of aromatic nitrogens is 1. The number of hydrogen-bond acceptors (Lipinski definition) is 3. The van der Waals surface area contributed by atoms with Gasteiger partial charge in [-0.05, 0) is 56.5 Å². The molecular formula is C16H22N2S. The van der Waals surface area contributed by atoms with Gasteiger partial charge >= 0.3 is 0 Å². The van der Waals surface area contributed by atoms with Gasteiger partial charge in [0.1, 0.15) is 5.01 Å². The van der Waals surface area contributed by atoms with Gasteiger partial charge in [-0.1, -0.05) is 13.0 Å². The van der Waals surface area contributed by atoms with Crippen molar-refractivity contribution < 1.29 is 0 Å². The predicted octanol–water partition coefficient (Wildman–Crippen LogP) is 4.23. The van der Waals surface area contributed by atoms with Crippen molar-refractivity contribution in [1.82, 2.24) is 10.3 Å². The molecule has 0 atom stereocenters. The summed E-state index contributed by atoms with van der Waals surface area (Å²) in [6, 6.07) is 4.51. The van der Waals surface area contributed by atoms with Crippen molar-refractivity contribution in [2.45, 2.75) is 40.7 Å². The van der Waals surface area contributed by atoms with Crippen LogP contribution in [0.1, 0.15) is 35.7 Å². The molecule has 0 aliphatic carbocycles. The second-order valence-corrected chi connectivity index (χ2v) is 5.93. The average Bonchev–Trinajstić information content (AvgIpc) is 2.83. The van der Waals surface area contributed by atoms with E-state index >= 15 is 0 Å². The topological polar surface area (TPSA) is 24.9 Å². The van der Waals surface area contributed by atoms with E-state index in [1.807, 2.05) is 0 Å². The van der Waals surface area contributed by atoms with Crippen molar-refractivity contribution in [3.63, 3.8) is 0 Å². The summed E-state index contributed by atoms with van der Waals surface area (Å²) in [5, 5.41) is 6.69. The van der Waals surface area contributed by atoms with Gasteiger partial charge in [0.05, 0.1) is 5.69 Å². The summed E-state index contributed by atoms with van der Waals surface area (Å²) < 4.78 is 0. The molecule has 0 saturated heterocycles. The molecule has 0 amide bonds. The molecule has 102 valence electrons. The van der Waals surface area contributed by atoms with Crippen LogP contribution in [0, 0.1) is 20.8 Å². The highest BCUT2D eigenvalue weighted by Crippen LogP contribution is 2.29. The summed E-state index contributed by atoms with van der Waals surface area (Å²) in [7, 11) is 0. The normalized spacial score (nSPS) is 10.9. The Morgan fingerprint density at radius 2 is 1.84 bits per heavy atom. The van der Waals surface area contributed by atoms with Crippen LogP contribution in [-0.2, 0) is 6.54 Å². The number of nitrogens with zero attached hydrogens (tertiary/aromatic N) is 1. The summed E-state index contributed by atoms with van der Waals surface area (Å²) in [5.74, 6) is 0. The highest BCUT2D eigenvalue weighted by molar-refractivity contribution is 7.13. The van der Waals surface area contributed by atoms with E-state index in [4.69, 9.17) is 4.98 Å². The monoisotopic (exact) mass is 274 g/mol. The zero-order valence-corrected chi connectivity index (χ0v) is 13.0. The fourth-order valence-corrected chi connectivity index (χ4v) is 3.00. The number of benzene rings is 1. The highest BCUT2D eigenvalue weighted by Gasteiger charge is 2.09. The summed E-state index contributed by atoms with van der Waals surface area (Å²) in [6.07, 6.45) is 1.16. The van der Waals surface area contributed by atoms with E-state index in [9.17, 15) is 0 Å². The van der Waals surface area contributed by atoms with Crippen molar-refractivity contribution >= 4 is 11.3 Å². The Morgan fingerprint density at radius 3 is 2.58 bits per heavy atom. The minimum atomic E-state index is 0.869. The van der Waals surface area contributed by atoms with E-state index in [-0.39, 0.29) is 0 Å². The van der Waals surface area contributed by atoms with Crippen molar-refractivity contribution in [2.75, 3.05) is 6.54 Å². The molecule has 1 heterocycles. The van der Waals surface area contributed by atoms with Crippen molar-refractivity contribution in [3.05, 3.63) is 39.9 Å². The number of thiazole rings is 1. The summed E-state index contributed by atoms with van der Waals surface area (Å²) in [5.41, 5.74) is 6.41. The van der Waals surface area contributed by atoms with E-state index in [2.05, 4.69) is 50.5 Å². The SMILES string of the molecule is CCCNCc1csc(-c2cc(C)c(C)cc2C)n1. The van der Waals surface area contributed by atoms with Gasteiger partial charge in [0, 0.05) is 17.5 Å². The molecule has 0 aliphatic rings. The maximum Gasteiger partial charge on any atom is 0.123 e. The Labute approximate surface area is 119 Å². The van der Waals surface area contributed by atoms with Crippen LogP contribution < -0.4 is 5.32 Å². The van der Waals surface area contributed by atoms with Crippen LogP contribution >= 0.6 is 11.3 Å². The summed E-state index contributed by atoms with van der Waals surface area (Å²) >= 11 is 1.74. The third kappa shape index (κ3) is 3.43. The fourth-order valence-electron chi connectivity index (χ4n) is 2.10. The van der Waals surface area contributed by atoms with E-state index < -0.39 is 0 Å². The minimum Gasteiger partial charge on any atom is -0.311 e. The lowest BCUT2D eigenvalue weighted by Gasteiger charge is -2.07. The zero-order valence-electron chi connectivity index (χ0n) is 12.2. The summed E-state index contributed by atoms with van der Waals surface area (Å²) in [6.45, 7) is 10.6. The zero-order chi connectivity index (χ0) is 13.8. The van der Waals surface area contributed by atoms with Crippen molar-refractivity contribution in [3.8, 4) is 10.6 Å². The summed E-state index contributed by atoms with van der Waals surface area (Å²) in [4.78, 5) is 4.74. The molecule has 3 heteroatoms. The molecule has 0 saturated carbocycles. The van der Waals surface area contributed by atoms with Gasteiger partial charge in [0.2, 0.25) is 0 Å². The maximum atomic E-state index is 4.74. The van der Waals surface area contributed by atoms with Gasteiger partial charge in [-0.25, -0.2) is 4.98 Å². The Bertz CT molecular complexity index is 558. The lowest BCUT2D eigenvalue weighted by atomic mass is 10.0. The first-order chi connectivity index (χ1) is 9.11. The van der Waals surface area contributed by atoms with E-state index in [0.717, 1.165) is 30.2 Å².